The first kappa shape index (κ1) is 20.0. The molecule has 2 aromatic carbocycles. The van der Waals surface area contributed by atoms with Crippen molar-refractivity contribution in [1.29, 1.82) is 0 Å². The molecule has 3 aromatic rings. The standard InChI is InChI=1S/C20H20N2O4S2/c1-24-15-9-12(10-16(25-2)19(15)26-3)5-8-18(23)22-20-21-14-7-6-13(27-4)11-17(14)28-20/h5-11H,1-4H3,(H,21,22,23)/b8-5-. The molecule has 0 aliphatic rings. The Morgan fingerprint density at radius 3 is 2.43 bits per heavy atom. The number of nitrogens with zero attached hydrogens (tertiary/aromatic N) is 1. The molecule has 0 spiro atoms. The van der Waals surface area contributed by atoms with Crippen LogP contribution in [-0.4, -0.2) is 38.5 Å². The molecule has 3 rings (SSSR count). The zero-order valence-electron chi connectivity index (χ0n) is 15.9. The SMILES string of the molecule is COc1cc(/C=C\C(=O)Nc2nc3ccc(SC)cc3s2)cc(OC)c1OC. The molecule has 0 unspecified atom stereocenters. The van der Waals surface area contributed by atoms with Crippen molar-refractivity contribution in [1.82, 2.24) is 4.98 Å². The summed E-state index contributed by atoms with van der Waals surface area (Å²) in [4.78, 5) is 17.9. The minimum absolute atomic E-state index is 0.266. The summed E-state index contributed by atoms with van der Waals surface area (Å²) >= 11 is 3.12. The molecule has 0 bridgehead atoms. The number of hydrogen-bond donors (Lipinski definition) is 1. The highest BCUT2D eigenvalue weighted by Crippen LogP contribution is 2.38. The van der Waals surface area contributed by atoms with Gasteiger partial charge in [-0.05, 0) is 48.2 Å². The number of fused-ring (bicyclic) bond motifs is 1. The fourth-order valence-corrected chi connectivity index (χ4v) is 4.02. The molecule has 0 aliphatic carbocycles. The number of hydrogen-bond acceptors (Lipinski definition) is 7. The molecule has 0 saturated heterocycles. The maximum Gasteiger partial charge on any atom is 0.250 e. The number of methoxy groups -OCH3 is 3. The summed E-state index contributed by atoms with van der Waals surface area (Å²) in [5, 5.41) is 3.37. The van der Waals surface area contributed by atoms with E-state index in [1.807, 2.05) is 18.4 Å². The average Bonchev–Trinajstić information content (AvgIpc) is 3.12. The number of thiazole rings is 1. The molecule has 1 amide bonds. The number of ether oxygens (including phenoxy) is 3. The summed E-state index contributed by atoms with van der Waals surface area (Å²) in [5.74, 6) is 1.29. The Bertz CT molecular complexity index is 1010. The van der Waals surface area contributed by atoms with E-state index in [1.165, 1.54) is 17.4 Å². The molecular weight excluding hydrogens is 396 g/mol. The van der Waals surface area contributed by atoms with Gasteiger partial charge >= 0.3 is 0 Å². The van der Waals surface area contributed by atoms with Gasteiger partial charge in [-0.1, -0.05) is 11.3 Å². The molecular formula is C20H20N2O4S2. The highest BCUT2D eigenvalue weighted by Gasteiger charge is 2.12. The summed E-state index contributed by atoms with van der Waals surface area (Å²) in [6.07, 6.45) is 5.15. The molecule has 0 radical (unpaired) electrons. The summed E-state index contributed by atoms with van der Waals surface area (Å²) in [6.45, 7) is 0. The molecule has 8 heteroatoms. The number of carbonyl (C=O) groups is 1. The second-order valence-electron chi connectivity index (χ2n) is 5.63. The third kappa shape index (κ3) is 4.40. The number of amides is 1. The van der Waals surface area contributed by atoms with E-state index in [1.54, 1.807) is 51.3 Å². The minimum atomic E-state index is -0.266. The maximum atomic E-state index is 12.3. The van der Waals surface area contributed by atoms with E-state index in [0.717, 1.165) is 20.7 Å². The number of nitrogens with one attached hydrogen (secondary N) is 1. The monoisotopic (exact) mass is 416 g/mol. The highest BCUT2D eigenvalue weighted by atomic mass is 32.2. The third-order valence-corrected chi connectivity index (χ3v) is 5.60. The Kier molecular flexibility index (Phi) is 6.43. The molecule has 1 N–H and O–H groups in total. The van der Waals surface area contributed by atoms with Crippen molar-refractivity contribution in [2.75, 3.05) is 32.9 Å². The highest BCUT2D eigenvalue weighted by molar-refractivity contribution is 7.98. The second kappa shape index (κ2) is 8.99. The van der Waals surface area contributed by atoms with Crippen molar-refractivity contribution in [3.8, 4) is 17.2 Å². The second-order valence-corrected chi connectivity index (χ2v) is 7.54. The lowest BCUT2D eigenvalue weighted by molar-refractivity contribution is -0.111. The predicted octanol–water partition coefficient (Wildman–Crippen LogP) is 4.70. The van der Waals surface area contributed by atoms with Crippen LogP contribution in [0.3, 0.4) is 0 Å². The quantitative estimate of drug-likeness (QED) is 0.445. The van der Waals surface area contributed by atoms with E-state index in [9.17, 15) is 4.79 Å². The summed E-state index contributed by atoms with van der Waals surface area (Å²) in [7, 11) is 4.64. The molecule has 6 nitrogen and oxygen atoms in total. The van der Waals surface area contributed by atoms with Gasteiger partial charge in [0.1, 0.15) is 0 Å². The molecule has 0 saturated carbocycles. The van der Waals surface area contributed by atoms with Crippen LogP contribution >= 0.6 is 23.1 Å². The normalized spacial score (nSPS) is 11.0. The Labute approximate surface area is 171 Å². The van der Waals surface area contributed by atoms with E-state index >= 15 is 0 Å². The van der Waals surface area contributed by atoms with Crippen LogP contribution in [0.4, 0.5) is 5.13 Å². The van der Waals surface area contributed by atoms with Gasteiger partial charge in [0.25, 0.3) is 0 Å². The zero-order chi connectivity index (χ0) is 20.1. The summed E-state index contributed by atoms with van der Waals surface area (Å²) in [5.41, 5.74) is 1.62. The fourth-order valence-electron chi connectivity index (χ4n) is 2.60. The van der Waals surface area contributed by atoms with Crippen LogP contribution in [0.1, 0.15) is 5.56 Å². The third-order valence-electron chi connectivity index (χ3n) is 3.94. The van der Waals surface area contributed by atoms with Crippen LogP contribution < -0.4 is 19.5 Å². The number of rotatable bonds is 7. The van der Waals surface area contributed by atoms with Crippen LogP contribution in [0.25, 0.3) is 16.3 Å². The van der Waals surface area contributed by atoms with E-state index < -0.39 is 0 Å². The molecule has 146 valence electrons. The lowest BCUT2D eigenvalue weighted by Gasteiger charge is -2.12. The van der Waals surface area contributed by atoms with Crippen LogP contribution in [0.15, 0.2) is 41.3 Å². The molecule has 1 heterocycles. The van der Waals surface area contributed by atoms with E-state index in [2.05, 4.69) is 16.4 Å². The zero-order valence-corrected chi connectivity index (χ0v) is 17.6. The lowest BCUT2D eigenvalue weighted by atomic mass is 10.1. The van der Waals surface area contributed by atoms with E-state index in [4.69, 9.17) is 14.2 Å². The molecule has 28 heavy (non-hydrogen) atoms. The van der Waals surface area contributed by atoms with Gasteiger partial charge < -0.3 is 14.2 Å². The Morgan fingerprint density at radius 1 is 1.11 bits per heavy atom. The van der Waals surface area contributed by atoms with E-state index in [-0.39, 0.29) is 5.91 Å². The Morgan fingerprint density at radius 2 is 1.82 bits per heavy atom. The Balaban J connectivity index is 1.76. The number of carbonyl (C=O) groups excluding carboxylic acids is 1. The van der Waals surface area contributed by atoms with Gasteiger partial charge in [0.05, 0.1) is 31.5 Å². The summed E-state index contributed by atoms with van der Waals surface area (Å²) < 4.78 is 17.0. The lowest BCUT2D eigenvalue weighted by Crippen LogP contribution is -2.07. The summed E-state index contributed by atoms with van der Waals surface area (Å²) in [6, 6.07) is 9.58. The topological polar surface area (TPSA) is 69.7 Å². The van der Waals surface area contributed by atoms with Crippen LogP contribution in [0.2, 0.25) is 0 Å². The predicted molar refractivity (Wildman–Crippen MR) is 115 cm³/mol. The Hall–Kier alpha value is -2.71. The average molecular weight is 417 g/mol. The number of aromatic nitrogens is 1. The molecule has 0 atom stereocenters. The largest absolute Gasteiger partial charge is 0.493 e. The minimum Gasteiger partial charge on any atom is -0.493 e. The number of thioether (sulfide) groups is 1. The van der Waals surface area contributed by atoms with Crippen LogP contribution in [0.5, 0.6) is 17.2 Å². The number of benzene rings is 2. The molecule has 0 aliphatic heterocycles. The van der Waals surface area contributed by atoms with Crippen LogP contribution in [-0.2, 0) is 4.79 Å². The van der Waals surface area contributed by atoms with Gasteiger partial charge in [-0.2, -0.15) is 0 Å². The molecule has 1 aromatic heterocycles. The van der Waals surface area contributed by atoms with Gasteiger partial charge in [0.15, 0.2) is 16.6 Å². The maximum absolute atomic E-state index is 12.3. The first-order valence-corrected chi connectivity index (χ1v) is 10.4. The van der Waals surface area contributed by atoms with Gasteiger partial charge in [-0.15, -0.1) is 11.8 Å². The van der Waals surface area contributed by atoms with Gasteiger partial charge in [0, 0.05) is 11.0 Å². The smallest absolute Gasteiger partial charge is 0.250 e. The molecule has 0 fully saturated rings. The van der Waals surface area contributed by atoms with Gasteiger partial charge in [-0.3, -0.25) is 10.1 Å². The van der Waals surface area contributed by atoms with Crippen molar-refractivity contribution >= 4 is 50.4 Å². The van der Waals surface area contributed by atoms with E-state index in [0.29, 0.717) is 22.4 Å². The van der Waals surface area contributed by atoms with Crippen molar-refractivity contribution in [2.24, 2.45) is 0 Å². The van der Waals surface area contributed by atoms with Crippen molar-refractivity contribution in [3.63, 3.8) is 0 Å². The first-order valence-electron chi connectivity index (χ1n) is 8.31. The fraction of sp³-hybridized carbons (Fsp3) is 0.200. The van der Waals surface area contributed by atoms with Gasteiger partial charge in [-0.25, -0.2) is 4.98 Å². The number of anilines is 1. The van der Waals surface area contributed by atoms with Crippen molar-refractivity contribution in [2.45, 2.75) is 4.90 Å². The van der Waals surface area contributed by atoms with Crippen molar-refractivity contribution in [3.05, 3.63) is 42.0 Å². The van der Waals surface area contributed by atoms with Gasteiger partial charge in [0.2, 0.25) is 11.7 Å². The van der Waals surface area contributed by atoms with Crippen molar-refractivity contribution < 1.29 is 19.0 Å². The van der Waals surface area contributed by atoms with Crippen LogP contribution in [0, 0.1) is 0 Å². The first-order chi connectivity index (χ1) is 13.6.